The van der Waals surface area contributed by atoms with Gasteiger partial charge in [-0.1, -0.05) is 152 Å². The number of benzene rings is 9. The van der Waals surface area contributed by atoms with Crippen LogP contribution in [0.15, 0.2) is 206 Å². The van der Waals surface area contributed by atoms with E-state index in [1.807, 2.05) is 12.1 Å². The zero-order valence-corrected chi connectivity index (χ0v) is 31.4. The van der Waals surface area contributed by atoms with Crippen molar-refractivity contribution in [3.05, 3.63) is 206 Å². The number of aromatic nitrogens is 4. The Labute approximate surface area is 334 Å². The van der Waals surface area contributed by atoms with Crippen LogP contribution in [-0.2, 0) is 0 Å². The van der Waals surface area contributed by atoms with Gasteiger partial charge in [-0.3, -0.25) is 0 Å². The average Bonchev–Trinajstić information content (AvgIpc) is 3.80. The molecule has 3 heterocycles. The molecule has 0 aliphatic carbocycles. The van der Waals surface area contributed by atoms with Crippen molar-refractivity contribution >= 4 is 65.2 Å². The van der Waals surface area contributed by atoms with Crippen molar-refractivity contribution in [1.82, 2.24) is 19.1 Å². The summed E-state index contributed by atoms with van der Waals surface area (Å²) in [7, 11) is 0. The summed E-state index contributed by atoms with van der Waals surface area (Å²) in [4.78, 5) is 10.5. The van der Waals surface area contributed by atoms with Gasteiger partial charge in [-0.05, 0) is 70.8 Å². The van der Waals surface area contributed by atoms with Crippen LogP contribution in [0.2, 0.25) is 0 Å². The Bertz CT molecular complexity index is 3490. The zero-order valence-electron chi connectivity index (χ0n) is 31.4. The molecule has 0 radical (unpaired) electrons. The standard InChI is InChI=1S/C54H34N4/c1-4-17-36(18-5-1)46-33-47(37-19-6-2-7-20-37)56-54(55-46)39-30-38-21-11-12-24-41(38)50(31-39)58-48-27-15-14-26-43(48)44-32-45-52(34-51(44)58)57(40-22-8-3-9-23-40)49-29-28-35-16-10-13-25-42(35)53(45)49/h1-34H. The van der Waals surface area contributed by atoms with Gasteiger partial charge in [0.05, 0.1) is 39.1 Å². The molecule has 0 aliphatic heterocycles. The normalized spacial score (nSPS) is 11.8. The fourth-order valence-electron chi connectivity index (χ4n) is 9.06. The lowest BCUT2D eigenvalue weighted by Gasteiger charge is -2.15. The average molecular weight is 739 g/mol. The molecular formula is C54H34N4. The van der Waals surface area contributed by atoms with Crippen LogP contribution in [0.4, 0.5) is 0 Å². The van der Waals surface area contributed by atoms with Crippen molar-refractivity contribution in [1.29, 1.82) is 0 Å². The molecule has 3 aromatic heterocycles. The molecule has 0 amide bonds. The van der Waals surface area contributed by atoms with Crippen molar-refractivity contribution in [3.63, 3.8) is 0 Å². The van der Waals surface area contributed by atoms with Crippen LogP contribution < -0.4 is 0 Å². The third kappa shape index (κ3) is 5.02. The molecule has 0 saturated carbocycles. The minimum absolute atomic E-state index is 0.687. The number of nitrogens with zero attached hydrogens (tertiary/aromatic N) is 4. The molecule has 0 aliphatic rings. The van der Waals surface area contributed by atoms with Crippen LogP contribution >= 0.6 is 0 Å². The first-order valence-corrected chi connectivity index (χ1v) is 19.7. The summed E-state index contributed by atoms with van der Waals surface area (Å²) < 4.78 is 4.89. The number of hydrogen-bond acceptors (Lipinski definition) is 2. The van der Waals surface area contributed by atoms with E-state index in [0.717, 1.165) is 61.3 Å². The maximum atomic E-state index is 5.26. The number of hydrogen-bond donors (Lipinski definition) is 0. The van der Waals surface area contributed by atoms with Gasteiger partial charge in [0.25, 0.3) is 0 Å². The minimum Gasteiger partial charge on any atom is -0.309 e. The molecule has 0 atom stereocenters. The fraction of sp³-hybridized carbons (Fsp3) is 0. The second kappa shape index (κ2) is 12.9. The maximum Gasteiger partial charge on any atom is 0.160 e. The first-order chi connectivity index (χ1) is 28.8. The first-order valence-electron chi connectivity index (χ1n) is 19.7. The van der Waals surface area contributed by atoms with Crippen molar-refractivity contribution in [2.75, 3.05) is 0 Å². The second-order valence-corrected chi connectivity index (χ2v) is 15.0. The van der Waals surface area contributed by atoms with E-state index in [1.165, 1.54) is 43.4 Å². The predicted molar refractivity (Wildman–Crippen MR) is 242 cm³/mol. The molecule has 0 N–H and O–H groups in total. The molecule has 4 heteroatoms. The van der Waals surface area contributed by atoms with E-state index in [2.05, 4.69) is 203 Å². The lowest BCUT2D eigenvalue weighted by Crippen LogP contribution is -2.00. The highest BCUT2D eigenvalue weighted by Crippen LogP contribution is 2.43. The van der Waals surface area contributed by atoms with Crippen LogP contribution in [0.3, 0.4) is 0 Å². The molecule has 4 nitrogen and oxygen atoms in total. The second-order valence-electron chi connectivity index (χ2n) is 15.0. The van der Waals surface area contributed by atoms with Crippen molar-refractivity contribution in [3.8, 4) is 45.3 Å². The Morgan fingerprint density at radius 3 is 1.62 bits per heavy atom. The van der Waals surface area contributed by atoms with E-state index in [4.69, 9.17) is 9.97 Å². The maximum absolute atomic E-state index is 5.26. The van der Waals surface area contributed by atoms with E-state index in [9.17, 15) is 0 Å². The summed E-state index contributed by atoms with van der Waals surface area (Å²) in [5, 5.41) is 9.72. The highest BCUT2D eigenvalue weighted by atomic mass is 15.0. The van der Waals surface area contributed by atoms with Crippen molar-refractivity contribution in [2.24, 2.45) is 0 Å². The molecule has 0 fully saturated rings. The van der Waals surface area contributed by atoms with Crippen LogP contribution in [0.5, 0.6) is 0 Å². The Kier molecular flexibility index (Phi) is 7.20. The minimum atomic E-state index is 0.687. The van der Waals surface area contributed by atoms with Crippen molar-refractivity contribution in [2.45, 2.75) is 0 Å². The Balaban J connectivity index is 1.18. The number of rotatable bonds is 5. The van der Waals surface area contributed by atoms with E-state index in [-0.39, 0.29) is 0 Å². The summed E-state index contributed by atoms with van der Waals surface area (Å²) in [6.07, 6.45) is 0. The molecule has 0 spiro atoms. The predicted octanol–water partition coefficient (Wildman–Crippen LogP) is 14.0. The highest BCUT2D eigenvalue weighted by Gasteiger charge is 2.22. The van der Waals surface area contributed by atoms with Gasteiger partial charge < -0.3 is 9.13 Å². The van der Waals surface area contributed by atoms with Crippen LogP contribution in [0.1, 0.15) is 0 Å². The lowest BCUT2D eigenvalue weighted by atomic mass is 10.0. The van der Waals surface area contributed by atoms with E-state index < -0.39 is 0 Å². The number of fused-ring (bicyclic) bond motifs is 9. The molecule has 0 saturated heterocycles. The van der Waals surface area contributed by atoms with E-state index in [0.29, 0.717) is 5.82 Å². The lowest BCUT2D eigenvalue weighted by molar-refractivity contribution is 1.16. The Morgan fingerprint density at radius 2 is 0.897 bits per heavy atom. The van der Waals surface area contributed by atoms with Crippen LogP contribution in [0, 0.1) is 0 Å². The molecular weight excluding hydrogens is 705 g/mol. The molecule has 0 unspecified atom stereocenters. The smallest absolute Gasteiger partial charge is 0.160 e. The van der Waals surface area contributed by atoms with Gasteiger partial charge in [0.2, 0.25) is 0 Å². The number of para-hydroxylation sites is 2. The van der Waals surface area contributed by atoms with Gasteiger partial charge in [0, 0.05) is 49.3 Å². The largest absolute Gasteiger partial charge is 0.309 e. The Morgan fingerprint density at radius 1 is 0.310 bits per heavy atom. The third-order valence-electron chi connectivity index (χ3n) is 11.7. The summed E-state index contributed by atoms with van der Waals surface area (Å²) in [6, 6.07) is 73.8. The SMILES string of the molecule is c1ccc(-c2cc(-c3ccccc3)nc(-c3cc(-n4c5ccccc5c5cc6c7c8ccccc8ccc7n(-c7ccccc7)c6cc54)c4ccccc4c3)n2)cc1. The van der Waals surface area contributed by atoms with Crippen LogP contribution in [0.25, 0.3) is 110 Å². The van der Waals surface area contributed by atoms with Crippen LogP contribution in [-0.4, -0.2) is 19.1 Å². The van der Waals surface area contributed by atoms with Crippen molar-refractivity contribution < 1.29 is 0 Å². The summed E-state index contributed by atoms with van der Waals surface area (Å²) >= 11 is 0. The molecule has 9 aromatic carbocycles. The zero-order chi connectivity index (χ0) is 38.2. The van der Waals surface area contributed by atoms with Gasteiger partial charge >= 0.3 is 0 Å². The molecule has 12 rings (SSSR count). The summed E-state index contributed by atoms with van der Waals surface area (Å²) in [5.74, 6) is 0.687. The fourth-order valence-corrected chi connectivity index (χ4v) is 9.06. The highest BCUT2D eigenvalue weighted by molar-refractivity contribution is 6.25. The van der Waals surface area contributed by atoms with E-state index in [1.54, 1.807) is 0 Å². The molecule has 58 heavy (non-hydrogen) atoms. The summed E-state index contributed by atoms with van der Waals surface area (Å²) in [5.41, 5.74) is 11.7. The van der Waals surface area contributed by atoms with E-state index >= 15 is 0 Å². The molecule has 12 aromatic rings. The monoisotopic (exact) mass is 738 g/mol. The first kappa shape index (κ1) is 32.4. The van der Waals surface area contributed by atoms with Gasteiger partial charge in [-0.25, -0.2) is 9.97 Å². The molecule has 270 valence electrons. The topological polar surface area (TPSA) is 35.6 Å². The summed E-state index contributed by atoms with van der Waals surface area (Å²) in [6.45, 7) is 0. The van der Waals surface area contributed by atoms with Gasteiger partial charge in [0.15, 0.2) is 5.82 Å². The van der Waals surface area contributed by atoms with Gasteiger partial charge in [-0.2, -0.15) is 0 Å². The third-order valence-corrected chi connectivity index (χ3v) is 11.7. The quantitative estimate of drug-likeness (QED) is 0.176. The Hall–Kier alpha value is -7.82. The molecule has 0 bridgehead atoms. The van der Waals surface area contributed by atoms with Gasteiger partial charge in [-0.15, -0.1) is 0 Å². The van der Waals surface area contributed by atoms with Gasteiger partial charge in [0.1, 0.15) is 0 Å².